The fraction of sp³-hybridized carbons (Fsp3) is 0.333. The van der Waals surface area contributed by atoms with Crippen LogP contribution in [-0.4, -0.2) is 22.9 Å². The summed E-state index contributed by atoms with van der Waals surface area (Å²) in [6.45, 7) is -0.347. The van der Waals surface area contributed by atoms with E-state index < -0.39 is 18.0 Å². The predicted molar refractivity (Wildman–Crippen MR) is 60.8 cm³/mol. The number of nitrogens with zero attached hydrogens (tertiary/aromatic N) is 3. The van der Waals surface area contributed by atoms with Crippen LogP contribution in [0.4, 0.5) is 10.1 Å². The van der Waals surface area contributed by atoms with Crippen LogP contribution in [0.2, 0.25) is 5.02 Å². The van der Waals surface area contributed by atoms with Crippen molar-refractivity contribution in [3.8, 4) is 0 Å². The lowest BCUT2D eigenvalue weighted by molar-refractivity contribution is 0.0243. The largest absolute Gasteiger partial charge is 0.396 e. The van der Waals surface area contributed by atoms with Crippen molar-refractivity contribution < 1.29 is 14.6 Å². The number of hydrogen-bond acceptors (Lipinski definition) is 4. The predicted octanol–water partition coefficient (Wildman–Crippen LogP) is 1.77. The fourth-order valence-corrected chi connectivity index (χ4v) is 1.52. The smallest absolute Gasteiger partial charge is 0.146 e. The number of rotatable bonds is 4. The molecule has 0 spiro atoms. The van der Waals surface area contributed by atoms with Gasteiger partial charge in [0.25, 0.3) is 0 Å². The first-order valence-electron chi connectivity index (χ1n) is 4.58. The van der Waals surface area contributed by atoms with Gasteiger partial charge in [0.05, 0.1) is 18.3 Å². The quantitative estimate of drug-likeness (QED) is 0.331. The number of nitrogen functional groups attached to an aromatic ring is 1. The molecule has 0 aromatic heterocycles. The zero-order valence-corrected chi connectivity index (χ0v) is 9.34. The standard InChI is InChI=1S/C9H10ClFN4O2/c10-5-2-7(12)6(11)1-4(5)9(17)8(16)3-14-15-13/h1-2,8-9,16-17H,3,12H2. The summed E-state index contributed by atoms with van der Waals surface area (Å²) in [5.74, 6) is -0.751. The average Bonchev–Trinajstić information content (AvgIpc) is 2.29. The highest BCUT2D eigenvalue weighted by atomic mass is 35.5. The molecule has 1 rings (SSSR count). The molecule has 8 heteroatoms. The van der Waals surface area contributed by atoms with Crippen LogP contribution in [0.1, 0.15) is 11.7 Å². The zero-order chi connectivity index (χ0) is 13.0. The van der Waals surface area contributed by atoms with Crippen LogP contribution in [0.25, 0.3) is 10.4 Å². The van der Waals surface area contributed by atoms with E-state index in [0.29, 0.717) is 0 Å². The van der Waals surface area contributed by atoms with Gasteiger partial charge in [0, 0.05) is 15.5 Å². The molecule has 0 fully saturated rings. The van der Waals surface area contributed by atoms with Crippen LogP contribution in [0.5, 0.6) is 0 Å². The van der Waals surface area contributed by atoms with Crippen LogP contribution in [0.3, 0.4) is 0 Å². The molecule has 17 heavy (non-hydrogen) atoms. The van der Waals surface area contributed by atoms with E-state index in [4.69, 9.17) is 22.9 Å². The van der Waals surface area contributed by atoms with E-state index >= 15 is 0 Å². The SMILES string of the molecule is [N-]=[N+]=NCC(O)C(O)c1cc(F)c(N)cc1Cl. The molecule has 92 valence electrons. The Morgan fingerprint density at radius 3 is 2.76 bits per heavy atom. The van der Waals surface area contributed by atoms with E-state index in [1.807, 2.05) is 0 Å². The molecule has 4 N–H and O–H groups in total. The molecule has 0 bridgehead atoms. The zero-order valence-electron chi connectivity index (χ0n) is 8.59. The maximum Gasteiger partial charge on any atom is 0.146 e. The first-order valence-corrected chi connectivity index (χ1v) is 4.96. The van der Waals surface area contributed by atoms with E-state index in [0.717, 1.165) is 12.1 Å². The summed E-state index contributed by atoms with van der Waals surface area (Å²) in [5, 5.41) is 22.3. The van der Waals surface area contributed by atoms with E-state index in [9.17, 15) is 14.6 Å². The van der Waals surface area contributed by atoms with Crippen LogP contribution in [-0.2, 0) is 0 Å². The Balaban J connectivity index is 2.99. The van der Waals surface area contributed by atoms with Gasteiger partial charge in [-0.1, -0.05) is 16.7 Å². The van der Waals surface area contributed by atoms with Gasteiger partial charge in [-0.25, -0.2) is 4.39 Å². The lowest BCUT2D eigenvalue weighted by atomic mass is 10.0. The van der Waals surface area contributed by atoms with Gasteiger partial charge in [0.15, 0.2) is 0 Å². The van der Waals surface area contributed by atoms with Crippen molar-refractivity contribution in [1.82, 2.24) is 0 Å². The van der Waals surface area contributed by atoms with Gasteiger partial charge >= 0.3 is 0 Å². The maximum absolute atomic E-state index is 13.2. The van der Waals surface area contributed by atoms with Crippen molar-refractivity contribution in [3.05, 3.63) is 39.0 Å². The van der Waals surface area contributed by atoms with Crippen LogP contribution in [0, 0.1) is 5.82 Å². The van der Waals surface area contributed by atoms with Crippen LogP contribution < -0.4 is 5.73 Å². The lowest BCUT2D eigenvalue weighted by Crippen LogP contribution is -2.21. The van der Waals surface area contributed by atoms with Gasteiger partial charge in [0.2, 0.25) is 0 Å². The summed E-state index contributed by atoms with van der Waals surface area (Å²) in [4.78, 5) is 2.43. The fourth-order valence-electron chi connectivity index (χ4n) is 1.23. The summed E-state index contributed by atoms with van der Waals surface area (Å²) < 4.78 is 13.2. The van der Waals surface area contributed by atoms with Crippen molar-refractivity contribution >= 4 is 17.3 Å². The van der Waals surface area contributed by atoms with Gasteiger partial charge in [0.1, 0.15) is 11.9 Å². The molecule has 0 aliphatic rings. The van der Waals surface area contributed by atoms with Gasteiger partial charge in [-0.15, -0.1) is 0 Å². The van der Waals surface area contributed by atoms with E-state index in [-0.39, 0.29) is 22.8 Å². The highest BCUT2D eigenvalue weighted by molar-refractivity contribution is 6.31. The molecule has 0 amide bonds. The number of hydrogen-bond donors (Lipinski definition) is 3. The van der Waals surface area contributed by atoms with Gasteiger partial charge < -0.3 is 15.9 Å². The minimum atomic E-state index is -1.46. The highest BCUT2D eigenvalue weighted by Gasteiger charge is 2.21. The number of halogens is 2. The van der Waals surface area contributed by atoms with E-state index in [1.165, 1.54) is 0 Å². The monoisotopic (exact) mass is 260 g/mol. The molecule has 0 aliphatic heterocycles. The molecule has 1 aromatic rings. The molecule has 0 aliphatic carbocycles. The van der Waals surface area contributed by atoms with Crippen LogP contribution in [0.15, 0.2) is 17.2 Å². The first-order chi connectivity index (χ1) is 7.97. The molecule has 0 heterocycles. The molecule has 0 saturated carbocycles. The Morgan fingerprint density at radius 1 is 1.53 bits per heavy atom. The summed E-state index contributed by atoms with van der Waals surface area (Å²) in [6, 6.07) is 2.07. The number of nitrogens with two attached hydrogens (primary N) is 1. The van der Waals surface area contributed by atoms with Crippen molar-refractivity contribution in [2.75, 3.05) is 12.3 Å². The Kier molecular flexibility index (Phi) is 4.53. The summed E-state index contributed by atoms with van der Waals surface area (Å²) in [5.41, 5.74) is 13.2. The third-order valence-corrected chi connectivity index (χ3v) is 2.46. The van der Waals surface area contributed by atoms with Gasteiger partial charge in [-0.05, 0) is 17.7 Å². The molecule has 2 atom stereocenters. The van der Waals surface area contributed by atoms with Gasteiger partial charge in [-0.3, -0.25) is 0 Å². The molecular weight excluding hydrogens is 251 g/mol. The molecule has 1 aromatic carbocycles. The van der Waals surface area contributed by atoms with E-state index in [2.05, 4.69) is 10.0 Å². The minimum absolute atomic E-state index is 0.0148. The second-order valence-electron chi connectivity index (χ2n) is 3.32. The second-order valence-corrected chi connectivity index (χ2v) is 3.73. The Morgan fingerprint density at radius 2 is 2.18 bits per heavy atom. The number of aliphatic hydroxyl groups is 2. The van der Waals surface area contributed by atoms with E-state index in [1.54, 1.807) is 0 Å². The number of azide groups is 1. The lowest BCUT2D eigenvalue weighted by Gasteiger charge is -2.18. The summed E-state index contributed by atoms with van der Waals surface area (Å²) >= 11 is 5.75. The second kappa shape index (κ2) is 5.70. The normalized spacial score (nSPS) is 13.9. The maximum atomic E-state index is 13.2. The topological polar surface area (TPSA) is 115 Å². The third kappa shape index (κ3) is 3.21. The van der Waals surface area contributed by atoms with Gasteiger partial charge in [-0.2, -0.15) is 0 Å². The Labute approximate surface area is 101 Å². The number of benzene rings is 1. The van der Waals surface area contributed by atoms with Crippen molar-refractivity contribution in [1.29, 1.82) is 0 Å². The molecule has 2 unspecified atom stereocenters. The average molecular weight is 261 g/mol. The molecule has 0 saturated heterocycles. The third-order valence-electron chi connectivity index (χ3n) is 2.13. The molecule has 0 radical (unpaired) electrons. The molecular formula is C9H10ClFN4O2. The molecule has 6 nitrogen and oxygen atoms in total. The summed E-state index contributed by atoms with van der Waals surface area (Å²) in [6.07, 6.45) is -2.82. The number of anilines is 1. The van der Waals surface area contributed by atoms with Crippen molar-refractivity contribution in [2.45, 2.75) is 12.2 Å². The number of aliphatic hydroxyl groups excluding tert-OH is 2. The Hall–Kier alpha value is -1.53. The summed E-state index contributed by atoms with van der Waals surface area (Å²) in [7, 11) is 0. The van der Waals surface area contributed by atoms with Crippen molar-refractivity contribution in [2.24, 2.45) is 5.11 Å². The van der Waals surface area contributed by atoms with Crippen molar-refractivity contribution in [3.63, 3.8) is 0 Å². The minimum Gasteiger partial charge on any atom is -0.396 e. The first kappa shape index (κ1) is 13.5. The Bertz CT molecular complexity index is 465. The van der Waals surface area contributed by atoms with Crippen LogP contribution >= 0.6 is 11.6 Å². The highest BCUT2D eigenvalue weighted by Crippen LogP contribution is 2.29.